The molecule has 2 heterocycles. The molecule has 4 rings (SSSR count). The minimum Gasteiger partial charge on any atom is -0.341 e. The Hall–Kier alpha value is -2.67. The summed E-state index contributed by atoms with van der Waals surface area (Å²) < 4.78 is 64.9. The van der Waals surface area contributed by atoms with Gasteiger partial charge in [-0.1, -0.05) is 25.5 Å². The second-order valence-corrected chi connectivity index (χ2v) is 15.2. The highest BCUT2D eigenvalue weighted by Crippen LogP contribution is 2.54. The summed E-state index contributed by atoms with van der Waals surface area (Å²) in [5, 5.41) is 0. The zero-order chi connectivity index (χ0) is 32.7. The lowest BCUT2D eigenvalue weighted by atomic mass is 9.67. The van der Waals surface area contributed by atoms with E-state index in [1.807, 2.05) is 20.8 Å². The maximum Gasteiger partial charge on any atom is 0.403 e. The van der Waals surface area contributed by atoms with E-state index in [-0.39, 0.29) is 36.1 Å². The third kappa shape index (κ3) is 6.78. The number of piperidine rings is 1. The van der Waals surface area contributed by atoms with E-state index in [1.165, 1.54) is 28.9 Å². The van der Waals surface area contributed by atoms with Crippen LogP contribution in [0, 0.1) is 17.3 Å². The normalized spacial score (nSPS) is 23.6. The minimum absolute atomic E-state index is 0.0152. The molecular weight excluding hydrogens is 597 g/mol. The summed E-state index contributed by atoms with van der Waals surface area (Å²) in [6.07, 6.45) is -1.93. The first-order chi connectivity index (χ1) is 20.4. The van der Waals surface area contributed by atoms with Crippen LogP contribution in [0.1, 0.15) is 65.4 Å². The van der Waals surface area contributed by atoms with Gasteiger partial charge in [0.1, 0.15) is 5.41 Å². The first-order valence-corrected chi connectivity index (χ1v) is 17.3. The SMILES string of the molecule is CCN(C(=O)N(Cc1ccc(S(C)(=O)=O)cc1)C(C)=O)C1(C)CCN(C[C@H]2CN(C(=O)C3(C(F)(F)F)CCC3)CC2C)CC1. The number of halogens is 3. The Balaban J connectivity index is 1.36. The van der Waals surface area contributed by atoms with E-state index >= 15 is 0 Å². The van der Waals surface area contributed by atoms with Crippen molar-refractivity contribution in [2.45, 2.75) is 83.0 Å². The highest BCUT2D eigenvalue weighted by molar-refractivity contribution is 7.90. The highest BCUT2D eigenvalue weighted by atomic mass is 32.2. The number of hydrogen-bond donors (Lipinski definition) is 0. The van der Waals surface area contributed by atoms with Gasteiger partial charge in [-0.15, -0.1) is 0 Å². The number of imide groups is 1. The first kappa shape index (κ1) is 34.2. The van der Waals surface area contributed by atoms with Crippen molar-refractivity contribution in [3.05, 3.63) is 29.8 Å². The molecule has 1 saturated carbocycles. The van der Waals surface area contributed by atoms with E-state index < -0.39 is 44.8 Å². The van der Waals surface area contributed by atoms with Gasteiger partial charge in [0.2, 0.25) is 11.8 Å². The molecule has 1 aromatic carbocycles. The monoisotopic (exact) mass is 642 g/mol. The zero-order valence-electron chi connectivity index (χ0n) is 26.3. The number of hydrogen-bond acceptors (Lipinski definition) is 6. The lowest BCUT2D eigenvalue weighted by molar-refractivity contribution is -0.248. The highest BCUT2D eigenvalue weighted by Gasteiger charge is 2.65. The second-order valence-electron chi connectivity index (χ2n) is 13.2. The zero-order valence-corrected chi connectivity index (χ0v) is 27.1. The fourth-order valence-corrected chi connectivity index (χ4v) is 7.57. The summed E-state index contributed by atoms with van der Waals surface area (Å²) >= 11 is 0. The molecule has 2 saturated heterocycles. The molecule has 0 N–H and O–H groups in total. The number of carbonyl (C=O) groups excluding carboxylic acids is 3. The molecule has 1 aliphatic carbocycles. The van der Waals surface area contributed by atoms with Gasteiger partial charge < -0.3 is 14.7 Å². The van der Waals surface area contributed by atoms with E-state index in [0.29, 0.717) is 64.1 Å². The molecule has 13 heteroatoms. The Morgan fingerprint density at radius 1 is 1.02 bits per heavy atom. The molecule has 246 valence electrons. The largest absolute Gasteiger partial charge is 0.403 e. The van der Waals surface area contributed by atoms with E-state index in [9.17, 15) is 36.0 Å². The molecule has 1 aromatic rings. The lowest BCUT2D eigenvalue weighted by Crippen LogP contribution is -2.59. The molecule has 1 unspecified atom stereocenters. The molecule has 4 amide bonds. The Morgan fingerprint density at radius 3 is 2.07 bits per heavy atom. The quantitative estimate of drug-likeness (QED) is 0.413. The predicted octanol–water partition coefficient (Wildman–Crippen LogP) is 4.56. The number of benzene rings is 1. The van der Waals surface area contributed by atoms with E-state index in [4.69, 9.17) is 0 Å². The van der Waals surface area contributed by atoms with Crippen LogP contribution in [0.2, 0.25) is 0 Å². The number of alkyl halides is 3. The maximum absolute atomic E-state index is 13.8. The maximum atomic E-state index is 13.8. The summed E-state index contributed by atoms with van der Waals surface area (Å²) in [5.41, 5.74) is -2.09. The molecule has 0 aromatic heterocycles. The van der Waals surface area contributed by atoms with Gasteiger partial charge in [0.05, 0.1) is 11.4 Å². The Morgan fingerprint density at radius 2 is 1.61 bits per heavy atom. The number of likely N-dealkylation sites (tertiary alicyclic amines) is 2. The third-order valence-corrected chi connectivity index (χ3v) is 11.3. The Kier molecular flexibility index (Phi) is 9.81. The summed E-state index contributed by atoms with van der Waals surface area (Å²) in [6, 6.07) is 5.72. The van der Waals surface area contributed by atoms with Gasteiger partial charge in [-0.25, -0.2) is 13.2 Å². The van der Waals surface area contributed by atoms with E-state index in [2.05, 4.69) is 4.90 Å². The average Bonchev–Trinajstić information content (AvgIpc) is 3.26. The van der Waals surface area contributed by atoms with E-state index in [0.717, 1.165) is 6.26 Å². The fraction of sp³-hybridized carbons (Fsp3) is 0.710. The molecule has 0 spiro atoms. The molecule has 2 atom stereocenters. The number of sulfone groups is 1. The van der Waals surface area contributed by atoms with Gasteiger partial charge in [-0.05, 0) is 69.1 Å². The van der Waals surface area contributed by atoms with Gasteiger partial charge in [0.15, 0.2) is 9.84 Å². The van der Waals surface area contributed by atoms with Crippen LogP contribution in [0.15, 0.2) is 29.2 Å². The molecule has 44 heavy (non-hydrogen) atoms. The molecule has 0 radical (unpaired) electrons. The van der Waals surface area contributed by atoms with Gasteiger partial charge in [0, 0.05) is 58.0 Å². The Labute approximate surface area is 258 Å². The second kappa shape index (κ2) is 12.6. The van der Waals surface area contributed by atoms with Crippen molar-refractivity contribution in [2.24, 2.45) is 17.3 Å². The van der Waals surface area contributed by atoms with Gasteiger partial charge >= 0.3 is 12.2 Å². The summed E-state index contributed by atoms with van der Waals surface area (Å²) in [6.45, 7) is 10.3. The fourth-order valence-electron chi connectivity index (χ4n) is 6.94. The predicted molar refractivity (Wildman–Crippen MR) is 159 cm³/mol. The third-order valence-electron chi connectivity index (χ3n) is 10.1. The molecular formula is C31H45F3N4O5S. The smallest absolute Gasteiger partial charge is 0.341 e. The number of amides is 4. The van der Waals surface area contributed by atoms with Crippen LogP contribution in [-0.4, -0.2) is 103 Å². The summed E-state index contributed by atoms with van der Waals surface area (Å²) in [5.74, 6) is -1.03. The van der Waals surface area contributed by atoms with Crippen molar-refractivity contribution < 1.29 is 36.0 Å². The molecule has 0 bridgehead atoms. The molecule has 2 aliphatic heterocycles. The Bertz CT molecular complexity index is 1340. The van der Waals surface area contributed by atoms with Crippen molar-refractivity contribution in [3.63, 3.8) is 0 Å². The van der Waals surface area contributed by atoms with Crippen LogP contribution >= 0.6 is 0 Å². The van der Waals surface area contributed by atoms with Crippen LogP contribution in [0.5, 0.6) is 0 Å². The van der Waals surface area contributed by atoms with Crippen LogP contribution in [0.4, 0.5) is 18.0 Å². The average molecular weight is 643 g/mol. The molecule has 9 nitrogen and oxygen atoms in total. The van der Waals surface area contributed by atoms with Gasteiger partial charge in [0.25, 0.3) is 0 Å². The summed E-state index contributed by atoms with van der Waals surface area (Å²) in [7, 11) is -3.37. The van der Waals surface area contributed by atoms with Crippen molar-refractivity contribution in [1.82, 2.24) is 19.6 Å². The van der Waals surface area contributed by atoms with Gasteiger partial charge in [-0.3, -0.25) is 14.5 Å². The van der Waals surface area contributed by atoms with Crippen LogP contribution in [0.25, 0.3) is 0 Å². The van der Waals surface area contributed by atoms with Crippen LogP contribution in [0.3, 0.4) is 0 Å². The van der Waals surface area contributed by atoms with Crippen molar-refractivity contribution in [1.29, 1.82) is 0 Å². The number of nitrogens with zero attached hydrogens (tertiary/aromatic N) is 4. The summed E-state index contributed by atoms with van der Waals surface area (Å²) in [4.78, 5) is 46.1. The molecule has 3 aliphatic rings. The topological polar surface area (TPSA) is 98.3 Å². The lowest BCUT2D eigenvalue weighted by Gasteiger charge is -2.48. The molecule has 3 fully saturated rings. The van der Waals surface area contributed by atoms with Crippen molar-refractivity contribution >= 4 is 27.7 Å². The van der Waals surface area contributed by atoms with Gasteiger partial charge in [-0.2, -0.15) is 13.2 Å². The van der Waals surface area contributed by atoms with Crippen molar-refractivity contribution in [3.8, 4) is 0 Å². The number of carbonyl (C=O) groups is 3. The van der Waals surface area contributed by atoms with Crippen LogP contribution < -0.4 is 0 Å². The van der Waals surface area contributed by atoms with Crippen LogP contribution in [-0.2, 0) is 26.0 Å². The number of urea groups is 1. The van der Waals surface area contributed by atoms with Crippen molar-refractivity contribution in [2.75, 3.05) is 45.5 Å². The van der Waals surface area contributed by atoms with E-state index in [1.54, 1.807) is 17.0 Å². The standard InChI is InChI=1S/C31H45F3N4O5S/c1-6-38(28(41)37(23(3)39)19-24-8-10-26(11-9-24)44(5,42)43)29(4)14-16-35(17-15-29)20-25-21-36(18-22(25)2)27(40)30(12-7-13-30)31(32,33)34/h8-11,22,25H,6-7,12-21H2,1-5H3/t22?,25-/m0/s1. The first-order valence-electron chi connectivity index (χ1n) is 15.4. The minimum atomic E-state index is -4.52. The number of rotatable bonds is 8.